The lowest BCUT2D eigenvalue weighted by molar-refractivity contribution is -0.121. The van der Waals surface area contributed by atoms with Gasteiger partial charge in [0, 0.05) is 11.2 Å². The fraction of sp³-hybridized carbons (Fsp3) is 0.143. The van der Waals surface area contributed by atoms with Crippen LogP contribution in [0.2, 0.25) is 5.02 Å². The Labute approximate surface area is 115 Å². The Balaban J connectivity index is 1.94. The number of halogens is 1. The topological polar surface area (TPSA) is 42.4 Å². The van der Waals surface area contributed by atoms with Crippen LogP contribution in [-0.4, -0.2) is 17.5 Å². The average Bonchev–Trinajstić information content (AvgIpc) is 2.42. The molecule has 1 aromatic heterocycles. The zero-order chi connectivity index (χ0) is 13.2. The van der Waals surface area contributed by atoms with Gasteiger partial charge in [-0.15, -0.1) is 0 Å². The molecule has 19 heavy (non-hydrogen) atoms. The molecule has 0 unspecified atom stereocenters. The molecule has 4 nitrogen and oxygen atoms in total. The van der Waals surface area contributed by atoms with E-state index in [4.69, 9.17) is 16.3 Å². The number of nitrogens with zero attached hydrogens (tertiary/aromatic N) is 2. The number of hydrogen-bond acceptors (Lipinski definition) is 3. The van der Waals surface area contributed by atoms with Crippen LogP contribution in [0.4, 0.5) is 5.69 Å². The Kier molecular flexibility index (Phi) is 3.09. The van der Waals surface area contributed by atoms with Crippen molar-refractivity contribution in [1.82, 2.24) is 4.98 Å². The monoisotopic (exact) mass is 274 g/mol. The average molecular weight is 275 g/mol. The Morgan fingerprint density at radius 2 is 2.16 bits per heavy atom. The maximum Gasteiger partial charge on any atom is 0.265 e. The quantitative estimate of drug-likeness (QED) is 0.845. The van der Waals surface area contributed by atoms with Crippen LogP contribution < -0.4 is 9.64 Å². The van der Waals surface area contributed by atoms with Crippen LogP contribution in [0.25, 0.3) is 0 Å². The van der Waals surface area contributed by atoms with Crippen LogP contribution in [0.15, 0.2) is 42.6 Å². The van der Waals surface area contributed by atoms with E-state index in [9.17, 15) is 4.79 Å². The molecule has 2 aromatic rings. The number of rotatable bonds is 2. The molecule has 0 spiro atoms. The number of carbonyl (C=O) groups is 1. The van der Waals surface area contributed by atoms with Gasteiger partial charge in [0.25, 0.3) is 5.91 Å². The highest BCUT2D eigenvalue weighted by Crippen LogP contribution is 2.32. The second-order valence-corrected chi connectivity index (χ2v) is 4.64. The fourth-order valence-corrected chi connectivity index (χ4v) is 2.21. The Morgan fingerprint density at radius 1 is 1.32 bits per heavy atom. The molecule has 0 radical (unpaired) electrons. The van der Waals surface area contributed by atoms with E-state index < -0.39 is 0 Å². The number of fused-ring (bicyclic) bond motifs is 1. The molecule has 1 aliphatic heterocycles. The van der Waals surface area contributed by atoms with Crippen LogP contribution in [0.1, 0.15) is 5.69 Å². The summed E-state index contributed by atoms with van der Waals surface area (Å²) in [5, 5.41) is 0.610. The number of hydrogen-bond donors (Lipinski definition) is 0. The zero-order valence-electron chi connectivity index (χ0n) is 10.0. The minimum atomic E-state index is -0.0829. The van der Waals surface area contributed by atoms with E-state index in [2.05, 4.69) is 4.98 Å². The Bertz CT molecular complexity index is 630. The first-order chi connectivity index (χ1) is 9.24. The predicted octanol–water partition coefficient (Wildman–Crippen LogP) is 2.66. The van der Waals surface area contributed by atoms with Gasteiger partial charge in [0.05, 0.1) is 17.9 Å². The summed E-state index contributed by atoms with van der Waals surface area (Å²) in [4.78, 5) is 17.9. The van der Waals surface area contributed by atoms with E-state index >= 15 is 0 Å². The number of benzene rings is 1. The second kappa shape index (κ2) is 4.90. The SMILES string of the molecule is O=C1COc2ccccc2N1Cc1cc(Cl)ccn1. The Hall–Kier alpha value is -2.07. The summed E-state index contributed by atoms with van der Waals surface area (Å²) in [6, 6.07) is 10.9. The normalized spacial score (nSPS) is 13.9. The summed E-state index contributed by atoms with van der Waals surface area (Å²) < 4.78 is 5.39. The molecule has 1 amide bonds. The van der Waals surface area contributed by atoms with Gasteiger partial charge >= 0.3 is 0 Å². The molecule has 0 fully saturated rings. The van der Waals surface area contributed by atoms with E-state index in [1.807, 2.05) is 24.3 Å². The highest BCUT2D eigenvalue weighted by atomic mass is 35.5. The molecule has 2 heterocycles. The standard InChI is InChI=1S/C14H11ClN2O2/c15-10-5-6-16-11(7-10)8-17-12-3-1-2-4-13(12)19-9-14(17)18/h1-7H,8-9H2. The number of aromatic nitrogens is 1. The molecule has 96 valence electrons. The van der Waals surface area contributed by atoms with Gasteiger partial charge < -0.3 is 4.74 Å². The smallest absolute Gasteiger partial charge is 0.265 e. The summed E-state index contributed by atoms with van der Waals surface area (Å²) >= 11 is 5.93. The van der Waals surface area contributed by atoms with E-state index in [0.29, 0.717) is 17.3 Å². The minimum Gasteiger partial charge on any atom is -0.482 e. The van der Waals surface area contributed by atoms with Gasteiger partial charge in [-0.1, -0.05) is 23.7 Å². The van der Waals surface area contributed by atoms with Crippen molar-refractivity contribution in [2.45, 2.75) is 6.54 Å². The van der Waals surface area contributed by atoms with Crippen molar-refractivity contribution >= 4 is 23.2 Å². The largest absolute Gasteiger partial charge is 0.482 e. The number of anilines is 1. The number of amides is 1. The first kappa shape index (κ1) is 12.0. The fourth-order valence-electron chi connectivity index (χ4n) is 2.02. The van der Waals surface area contributed by atoms with Crippen LogP contribution in [-0.2, 0) is 11.3 Å². The maximum absolute atomic E-state index is 12.0. The van der Waals surface area contributed by atoms with Gasteiger partial charge in [-0.2, -0.15) is 0 Å². The second-order valence-electron chi connectivity index (χ2n) is 4.20. The molecule has 3 rings (SSSR count). The summed E-state index contributed by atoms with van der Waals surface area (Å²) in [5.41, 5.74) is 1.51. The lowest BCUT2D eigenvalue weighted by Gasteiger charge is -2.29. The lowest BCUT2D eigenvalue weighted by atomic mass is 10.2. The molecule has 0 aliphatic carbocycles. The number of para-hydroxylation sites is 2. The third-order valence-electron chi connectivity index (χ3n) is 2.91. The highest BCUT2D eigenvalue weighted by Gasteiger charge is 2.25. The molecule has 1 aliphatic rings. The van der Waals surface area contributed by atoms with Gasteiger partial charge in [-0.25, -0.2) is 0 Å². The predicted molar refractivity (Wildman–Crippen MR) is 72.4 cm³/mol. The molecule has 0 N–H and O–H groups in total. The van der Waals surface area contributed by atoms with Gasteiger partial charge in [0.1, 0.15) is 5.75 Å². The molecule has 0 saturated carbocycles. The van der Waals surface area contributed by atoms with E-state index in [1.165, 1.54) is 0 Å². The maximum atomic E-state index is 12.0. The van der Waals surface area contributed by atoms with E-state index in [0.717, 1.165) is 11.4 Å². The molecule has 0 atom stereocenters. The number of carbonyl (C=O) groups excluding carboxylic acids is 1. The zero-order valence-corrected chi connectivity index (χ0v) is 10.8. The van der Waals surface area contributed by atoms with Crippen molar-refractivity contribution in [2.75, 3.05) is 11.5 Å². The molecule has 1 aromatic carbocycles. The van der Waals surface area contributed by atoms with E-state index in [-0.39, 0.29) is 12.5 Å². The summed E-state index contributed by atoms with van der Waals surface area (Å²) in [6.07, 6.45) is 1.63. The minimum absolute atomic E-state index is 0.0532. The van der Waals surface area contributed by atoms with Crippen LogP contribution in [0.3, 0.4) is 0 Å². The molecule has 0 saturated heterocycles. The highest BCUT2D eigenvalue weighted by molar-refractivity contribution is 6.30. The van der Waals surface area contributed by atoms with Crippen molar-refractivity contribution < 1.29 is 9.53 Å². The van der Waals surface area contributed by atoms with E-state index in [1.54, 1.807) is 23.2 Å². The summed E-state index contributed by atoms with van der Waals surface area (Å²) in [6.45, 7) is 0.442. The molecule has 5 heteroatoms. The van der Waals surface area contributed by atoms with Crippen molar-refractivity contribution in [2.24, 2.45) is 0 Å². The van der Waals surface area contributed by atoms with Gasteiger partial charge in [-0.3, -0.25) is 14.7 Å². The van der Waals surface area contributed by atoms with Gasteiger partial charge in [0.15, 0.2) is 6.61 Å². The Morgan fingerprint density at radius 3 is 3.00 bits per heavy atom. The lowest BCUT2D eigenvalue weighted by Crippen LogP contribution is -2.38. The number of ether oxygens (including phenoxy) is 1. The van der Waals surface area contributed by atoms with Crippen LogP contribution >= 0.6 is 11.6 Å². The summed E-state index contributed by atoms with van der Waals surface area (Å²) in [7, 11) is 0. The first-order valence-electron chi connectivity index (χ1n) is 5.86. The summed E-state index contributed by atoms with van der Waals surface area (Å²) in [5.74, 6) is 0.629. The van der Waals surface area contributed by atoms with Crippen LogP contribution in [0.5, 0.6) is 5.75 Å². The van der Waals surface area contributed by atoms with Crippen LogP contribution in [0, 0.1) is 0 Å². The molecule has 0 bridgehead atoms. The third-order valence-corrected chi connectivity index (χ3v) is 3.14. The number of pyridine rings is 1. The van der Waals surface area contributed by atoms with Crippen molar-refractivity contribution in [3.05, 3.63) is 53.3 Å². The first-order valence-corrected chi connectivity index (χ1v) is 6.24. The van der Waals surface area contributed by atoms with Crippen molar-refractivity contribution in [3.63, 3.8) is 0 Å². The third kappa shape index (κ3) is 2.39. The molecular weight excluding hydrogens is 264 g/mol. The molecular formula is C14H11ClN2O2. The van der Waals surface area contributed by atoms with Crippen molar-refractivity contribution in [1.29, 1.82) is 0 Å². The van der Waals surface area contributed by atoms with Gasteiger partial charge in [-0.05, 0) is 24.3 Å². The van der Waals surface area contributed by atoms with Crippen molar-refractivity contribution in [3.8, 4) is 5.75 Å². The van der Waals surface area contributed by atoms with Gasteiger partial charge in [0.2, 0.25) is 0 Å².